The van der Waals surface area contributed by atoms with Crippen LogP contribution in [-0.4, -0.2) is 11.6 Å². The van der Waals surface area contributed by atoms with E-state index >= 15 is 0 Å². The van der Waals surface area contributed by atoms with Crippen molar-refractivity contribution < 1.29 is 9.13 Å². The number of ether oxygens (including phenoxy) is 1. The lowest BCUT2D eigenvalue weighted by molar-refractivity contribution is 0.365. The van der Waals surface area contributed by atoms with Gasteiger partial charge in [0.25, 0.3) is 0 Å². The first-order valence-electron chi connectivity index (χ1n) is 7.02. The number of hydrogen-bond donors (Lipinski definition) is 1. The highest BCUT2D eigenvalue weighted by atomic mass is 32.1. The predicted octanol–water partition coefficient (Wildman–Crippen LogP) is 4.76. The van der Waals surface area contributed by atoms with E-state index in [0.29, 0.717) is 18.0 Å². The van der Waals surface area contributed by atoms with Gasteiger partial charge >= 0.3 is 0 Å². The molecule has 0 aliphatic heterocycles. The minimum Gasteiger partial charge on any atom is -0.487 e. The smallest absolute Gasteiger partial charge is 0.142 e. The summed E-state index contributed by atoms with van der Waals surface area (Å²) in [5.74, 6) is 0.371. The van der Waals surface area contributed by atoms with Gasteiger partial charge in [-0.25, -0.2) is 9.37 Å². The first-order chi connectivity index (χ1) is 11.2. The monoisotopic (exact) mass is 326 g/mol. The Hall–Kier alpha value is -2.66. The predicted molar refractivity (Wildman–Crippen MR) is 93.0 cm³/mol. The molecule has 1 heterocycles. The lowest BCUT2D eigenvalue weighted by atomic mass is 10.1. The molecule has 0 aliphatic carbocycles. The van der Waals surface area contributed by atoms with Gasteiger partial charge in [-0.3, -0.25) is 0 Å². The Morgan fingerprint density at radius 2 is 1.91 bits per heavy atom. The van der Waals surface area contributed by atoms with Crippen molar-refractivity contribution in [1.82, 2.24) is 4.98 Å². The number of thiazole rings is 1. The Morgan fingerprint density at radius 3 is 2.61 bits per heavy atom. The maximum absolute atomic E-state index is 13.0. The molecule has 3 rings (SSSR count). The van der Waals surface area contributed by atoms with Gasteiger partial charge in [0.2, 0.25) is 0 Å². The second-order valence-electron chi connectivity index (χ2n) is 4.90. The fourth-order valence-electron chi connectivity index (χ4n) is 2.12. The third kappa shape index (κ3) is 3.40. The Labute approximate surface area is 137 Å². The van der Waals surface area contributed by atoms with E-state index in [1.54, 1.807) is 18.2 Å². The van der Waals surface area contributed by atoms with E-state index in [-0.39, 0.29) is 5.82 Å². The largest absolute Gasteiger partial charge is 0.487 e. The molecule has 0 atom stereocenters. The van der Waals surface area contributed by atoms with Gasteiger partial charge in [0.05, 0.1) is 11.4 Å². The summed E-state index contributed by atoms with van der Waals surface area (Å²) in [6.45, 7) is 4.02. The second kappa shape index (κ2) is 6.62. The van der Waals surface area contributed by atoms with Crippen molar-refractivity contribution in [2.45, 2.75) is 0 Å². The van der Waals surface area contributed by atoms with Gasteiger partial charge in [-0.15, -0.1) is 11.3 Å². The minimum atomic E-state index is -0.257. The first-order valence-corrected chi connectivity index (χ1v) is 7.90. The molecule has 0 aliphatic rings. The van der Waals surface area contributed by atoms with E-state index in [2.05, 4.69) is 11.6 Å². The molecule has 0 unspecified atom stereocenters. The van der Waals surface area contributed by atoms with Crippen LogP contribution in [-0.2, 0) is 0 Å². The fourth-order valence-corrected chi connectivity index (χ4v) is 2.95. The zero-order valence-corrected chi connectivity index (χ0v) is 13.1. The number of halogens is 1. The number of aromatic nitrogens is 1. The Kier molecular flexibility index (Phi) is 4.39. The molecule has 116 valence electrons. The maximum Gasteiger partial charge on any atom is 0.142 e. The molecule has 1 aromatic heterocycles. The molecule has 2 aromatic carbocycles. The van der Waals surface area contributed by atoms with Gasteiger partial charge in [0, 0.05) is 16.5 Å². The molecular formula is C18H15FN2OS. The molecule has 0 saturated heterocycles. The number of rotatable bonds is 5. The molecule has 0 radical (unpaired) electrons. The molecule has 0 saturated carbocycles. The van der Waals surface area contributed by atoms with Crippen LogP contribution in [0.15, 0.2) is 60.5 Å². The Balaban J connectivity index is 1.86. The van der Waals surface area contributed by atoms with E-state index < -0.39 is 0 Å². The number of nitrogen functional groups attached to an aromatic ring is 1. The summed E-state index contributed by atoms with van der Waals surface area (Å²) in [5.41, 5.74) is 9.19. The Morgan fingerprint density at radius 1 is 1.17 bits per heavy atom. The van der Waals surface area contributed by atoms with Crippen molar-refractivity contribution in [3.8, 4) is 27.6 Å². The molecule has 0 fully saturated rings. The van der Waals surface area contributed by atoms with Gasteiger partial charge in [0.15, 0.2) is 0 Å². The van der Waals surface area contributed by atoms with Crippen LogP contribution in [0.3, 0.4) is 0 Å². The molecule has 3 aromatic rings. The van der Waals surface area contributed by atoms with Gasteiger partial charge in [-0.1, -0.05) is 12.7 Å². The highest BCUT2D eigenvalue weighted by molar-refractivity contribution is 7.13. The fraction of sp³-hybridized carbons (Fsp3) is 0.0556. The van der Waals surface area contributed by atoms with Crippen molar-refractivity contribution in [2.75, 3.05) is 12.3 Å². The van der Waals surface area contributed by atoms with E-state index in [1.165, 1.54) is 23.5 Å². The number of nitrogens with two attached hydrogens (primary N) is 1. The Bertz CT molecular complexity index is 827. The van der Waals surface area contributed by atoms with Crippen molar-refractivity contribution in [1.29, 1.82) is 0 Å². The van der Waals surface area contributed by atoms with E-state index in [1.807, 2.05) is 23.6 Å². The lowest BCUT2D eigenvalue weighted by Gasteiger charge is -2.07. The number of nitrogens with zero attached hydrogens (tertiary/aromatic N) is 1. The molecule has 2 N–H and O–H groups in total. The number of hydrogen-bond acceptors (Lipinski definition) is 4. The van der Waals surface area contributed by atoms with E-state index in [4.69, 9.17) is 10.5 Å². The highest BCUT2D eigenvalue weighted by Crippen LogP contribution is 2.32. The summed E-state index contributed by atoms with van der Waals surface area (Å²) in [5, 5.41) is 2.80. The summed E-state index contributed by atoms with van der Waals surface area (Å²) < 4.78 is 18.5. The average Bonchev–Trinajstić information content (AvgIpc) is 3.04. The number of benzene rings is 2. The van der Waals surface area contributed by atoms with Crippen LogP contribution < -0.4 is 10.5 Å². The van der Waals surface area contributed by atoms with Gasteiger partial charge in [0.1, 0.15) is 23.2 Å². The molecule has 0 bridgehead atoms. The molecule has 0 amide bonds. The average molecular weight is 326 g/mol. The van der Waals surface area contributed by atoms with Crippen LogP contribution in [0, 0.1) is 5.82 Å². The quantitative estimate of drug-likeness (QED) is 0.543. The van der Waals surface area contributed by atoms with E-state index in [0.717, 1.165) is 21.8 Å². The van der Waals surface area contributed by atoms with Crippen LogP contribution in [0.2, 0.25) is 0 Å². The van der Waals surface area contributed by atoms with E-state index in [9.17, 15) is 4.39 Å². The molecule has 23 heavy (non-hydrogen) atoms. The van der Waals surface area contributed by atoms with Crippen molar-refractivity contribution in [3.05, 3.63) is 66.3 Å². The molecule has 3 nitrogen and oxygen atoms in total. The van der Waals surface area contributed by atoms with Gasteiger partial charge in [-0.2, -0.15) is 0 Å². The third-order valence-corrected chi connectivity index (χ3v) is 4.15. The maximum atomic E-state index is 13.0. The summed E-state index contributed by atoms with van der Waals surface area (Å²) in [6, 6.07) is 11.9. The van der Waals surface area contributed by atoms with Gasteiger partial charge < -0.3 is 10.5 Å². The normalized spacial score (nSPS) is 10.5. The highest BCUT2D eigenvalue weighted by Gasteiger charge is 2.09. The van der Waals surface area contributed by atoms with Crippen molar-refractivity contribution in [3.63, 3.8) is 0 Å². The van der Waals surface area contributed by atoms with Crippen LogP contribution in [0.1, 0.15) is 0 Å². The third-order valence-electron chi connectivity index (χ3n) is 3.26. The summed E-state index contributed by atoms with van der Waals surface area (Å²) >= 11 is 1.52. The minimum absolute atomic E-state index is 0.257. The zero-order valence-electron chi connectivity index (χ0n) is 12.3. The van der Waals surface area contributed by atoms with Crippen molar-refractivity contribution >= 4 is 17.0 Å². The summed E-state index contributed by atoms with van der Waals surface area (Å²) in [7, 11) is 0. The van der Waals surface area contributed by atoms with Crippen LogP contribution >= 0.6 is 11.3 Å². The second-order valence-corrected chi connectivity index (χ2v) is 5.76. The van der Waals surface area contributed by atoms with Crippen LogP contribution in [0.4, 0.5) is 10.1 Å². The molecular weight excluding hydrogens is 311 g/mol. The zero-order chi connectivity index (χ0) is 16.2. The first kappa shape index (κ1) is 15.2. The molecule has 5 heteroatoms. The topological polar surface area (TPSA) is 48.1 Å². The van der Waals surface area contributed by atoms with Crippen LogP contribution in [0.5, 0.6) is 5.75 Å². The lowest BCUT2D eigenvalue weighted by Crippen LogP contribution is -1.97. The SMILES string of the molecule is C=CCOc1ccc(-c2nc(-c3ccc(F)cc3)cs2)cc1N. The summed E-state index contributed by atoms with van der Waals surface area (Å²) in [6.07, 6.45) is 1.67. The van der Waals surface area contributed by atoms with Crippen molar-refractivity contribution in [2.24, 2.45) is 0 Å². The van der Waals surface area contributed by atoms with Crippen LogP contribution in [0.25, 0.3) is 21.8 Å². The number of anilines is 1. The summed E-state index contributed by atoms with van der Waals surface area (Å²) in [4.78, 5) is 4.60. The standard InChI is InChI=1S/C18H15FN2OS/c1-2-9-22-17-8-5-13(10-15(17)20)18-21-16(11-23-18)12-3-6-14(19)7-4-12/h2-8,10-11H,1,9,20H2. The molecule has 0 spiro atoms. The van der Waals surface area contributed by atoms with Gasteiger partial charge in [-0.05, 0) is 42.5 Å².